The van der Waals surface area contributed by atoms with E-state index in [1.807, 2.05) is 18.2 Å². The number of hydrogen-bond donors (Lipinski definition) is 4. The van der Waals surface area contributed by atoms with Gasteiger partial charge in [0.2, 0.25) is 0 Å². The van der Waals surface area contributed by atoms with Crippen molar-refractivity contribution in [3.05, 3.63) is 65.3 Å². The molecule has 0 spiro atoms. The summed E-state index contributed by atoms with van der Waals surface area (Å²) in [6.45, 7) is 2.50. The maximum Gasteiger partial charge on any atom is 0.160 e. The van der Waals surface area contributed by atoms with Crippen LogP contribution in [0.25, 0.3) is 0 Å². The summed E-state index contributed by atoms with van der Waals surface area (Å²) < 4.78 is 0.706. The molecule has 0 aliphatic rings. The SMILES string of the molecule is CC(CCc1ccccc1)NCC(O)c1ccc(=N)n(O)c1. The van der Waals surface area contributed by atoms with E-state index in [-0.39, 0.29) is 11.5 Å². The van der Waals surface area contributed by atoms with Gasteiger partial charge in [-0.25, -0.2) is 0 Å². The number of pyridine rings is 1. The quantitative estimate of drug-likeness (QED) is 0.589. The molecule has 1 aromatic heterocycles. The number of nitrogens with zero attached hydrogens (tertiary/aromatic N) is 1. The first kappa shape index (κ1) is 16.3. The number of rotatable bonds is 7. The van der Waals surface area contributed by atoms with E-state index in [1.54, 1.807) is 6.07 Å². The highest BCUT2D eigenvalue weighted by Crippen LogP contribution is 2.10. The highest BCUT2D eigenvalue weighted by atomic mass is 16.5. The van der Waals surface area contributed by atoms with Crippen LogP contribution in [-0.2, 0) is 6.42 Å². The van der Waals surface area contributed by atoms with Crippen LogP contribution in [0.5, 0.6) is 0 Å². The maximum atomic E-state index is 10.1. The van der Waals surface area contributed by atoms with Crippen LogP contribution in [0.15, 0.2) is 48.7 Å². The van der Waals surface area contributed by atoms with E-state index in [0.717, 1.165) is 12.8 Å². The second-order valence-corrected chi connectivity index (χ2v) is 5.54. The molecule has 2 aromatic rings. The average molecular weight is 301 g/mol. The van der Waals surface area contributed by atoms with Crippen molar-refractivity contribution in [3.8, 4) is 0 Å². The van der Waals surface area contributed by atoms with E-state index >= 15 is 0 Å². The largest absolute Gasteiger partial charge is 0.427 e. The Labute approximate surface area is 130 Å². The van der Waals surface area contributed by atoms with E-state index in [0.29, 0.717) is 16.8 Å². The molecule has 0 bridgehead atoms. The van der Waals surface area contributed by atoms with E-state index in [2.05, 4.69) is 24.4 Å². The molecule has 1 aromatic carbocycles. The average Bonchev–Trinajstić information content (AvgIpc) is 2.54. The summed E-state index contributed by atoms with van der Waals surface area (Å²) in [5.41, 5.74) is 1.88. The van der Waals surface area contributed by atoms with Crippen LogP contribution >= 0.6 is 0 Å². The Morgan fingerprint density at radius 3 is 2.59 bits per heavy atom. The second kappa shape index (κ2) is 7.77. The predicted molar refractivity (Wildman–Crippen MR) is 84.7 cm³/mol. The van der Waals surface area contributed by atoms with Crippen molar-refractivity contribution in [1.82, 2.24) is 10.0 Å². The fourth-order valence-corrected chi connectivity index (χ4v) is 2.26. The molecule has 5 heteroatoms. The molecule has 2 atom stereocenters. The topological polar surface area (TPSA) is 81.3 Å². The molecule has 118 valence electrons. The first-order chi connectivity index (χ1) is 10.6. The van der Waals surface area contributed by atoms with Gasteiger partial charge in [0.05, 0.1) is 12.3 Å². The van der Waals surface area contributed by atoms with Crippen LogP contribution in [0, 0.1) is 5.41 Å². The zero-order valence-corrected chi connectivity index (χ0v) is 12.7. The van der Waals surface area contributed by atoms with Gasteiger partial charge in [-0.05, 0) is 31.4 Å². The van der Waals surface area contributed by atoms with Crippen LogP contribution in [0.1, 0.15) is 30.6 Å². The van der Waals surface area contributed by atoms with Gasteiger partial charge >= 0.3 is 0 Å². The molecule has 2 rings (SSSR count). The van der Waals surface area contributed by atoms with Crippen molar-refractivity contribution in [2.45, 2.75) is 31.9 Å². The van der Waals surface area contributed by atoms with E-state index in [9.17, 15) is 10.3 Å². The smallest absolute Gasteiger partial charge is 0.160 e. The number of aliphatic hydroxyl groups excluding tert-OH is 1. The Morgan fingerprint density at radius 1 is 1.18 bits per heavy atom. The minimum Gasteiger partial charge on any atom is -0.427 e. The maximum absolute atomic E-state index is 10.1. The zero-order valence-electron chi connectivity index (χ0n) is 12.7. The monoisotopic (exact) mass is 301 g/mol. The third-order valence-electron chi connectivity index (χ3n) is 3.71. The Hall–Kier alpha value is -2.11. The summed E-state index contributed by atoms with van der Waals surface area (Å²) >= 11 is 0. The first-order valence-electron chi connectivity index (χ1n) is 7.48. The summed E-state index contributed by atoms with van der Waals surface area (Å²) in [7, 11) is 0. The fourth-order valence-electron chi connectivity index (χ4n) is 2.26. The van der Waals surface area contributed by atoms with E-state index in [4.69, 9.17) is 5.41 Å². The van der Waals surface area contributed by atoms with Crippen LogP contribution in [0.4, 0.5) is 0 Å². The molecule has 1 heterocycles. The van der Waals surface area contributed by atoms with E-state index < -0.39 is 6.10 Å². The third kappa shape index (κ3) is 4.72. The van der Waals surface area contributed by atoms with Crippen LogP contribution in [0.2, 0.25) is 0 Å². The van der Waals surface area contributed by atoms with Crippen LogP contribution < -0.4 is 10.8 Å². The normalized spacial score (nSPS) is 13.7. The Bertz CT molecular complexity index is 640. The van der Waals surface area contributed by atoms with Crippen molar-refractivity contribution < 1.29 is 10.3 Å². The molecule has 0 saturated carbocycles. The van der Waals surface area contributed by atoms with Crippen molar-refractivity contribution in [2.75, 3.05) is 6.54 Å². The predicted octanol–water partition coefficient (Wildman–Crippen LogP) is 1.85. The van der Waals surface area contributed by atoms with Gasteiger partial charge in [0.1, 0.15) is 0 Å². The van der Waals surface area contributed by atoms with Gasteiger partial charge in [-0.1, -0.05) is 36.4 Å². The van der Waals surface area contributed by atoms with Crippen molar-refractivity contribution in [2.24, 2.45) is 0 Å². The summed E-state index contributed by atoms with van der Waals surface area (Å²) in [6, 6.07) is 13.7. The van der Waals surface area contributed by atoms with Crippen molar-refractivity contribution >= 4 is 0 Å². The lowest BCUT2D eigenvalue weighted by Gasteiger charge is -2.17. The standard InChI is InChI=1S/C17H23N3O2/c1-13(7-8-14-5-3-2-4-6-14)19-11-16(21)15-9-10-17(18)20(22)12-15/h2-6,9-10,12-13,16,18-19,21-22H,7-8,11H2,1H3. The summed E-state index contributed by atoms with van der Waals surface area (Å²) in [5, 5.41) is 30.2. The molecule has 0 fully saturated rings. The summed E-state index contributed by atoms with van der Waals surface area (Å²) in [6.07, 6.45) is 2.64. The number of aromatic nitrogens is 1. The van der Waals surface area contributed by atoms with Gasteiger partial charge < -0.3 is 15.6 Å². The molecule has 4 N–H and O–H groups in total. The third-order valence-corrected chi connectivity index (χ3v) is 3.71. The van der Waals surface area contributed by atoms with Crippen LogP contribution in [0.3, 0.4) is 0 Å². The van der Waals surface area contributed by atoms with Gasteiger partial charge in [0.25, 0.3) is 0 Å². The first-order valence-corrected chi connectivity index (χ1v) is 7.48. The molecular formula is C17H23N3O2. The molecule has 22 heavy (non-hydrogen) atoms. The van der Waals surface area contributed by atoms with Crippen molar-refractivity contribution in [3.63, 3.8) is 0 Å². The van der Waals surface area contributed by atoms with E-state index in [1.165, 1.54) is 17.8 Å². The van der Waals surface area contributed by atoms with Crippen LogP contribution in [-0.4, -0.2) is 27.6 Å². The highest BCUT2D eigenvalue weighted by molar-refractivity contribution is 5.15. The van der Waals surface area contributed by atoms with Gasteiger partial charge in [-0.15, -0.1) is 0 Å². The Balaban J connectivity index is 1.79. The summed E-state index contributed by atoms with van der Waals surface area (Å²) in [4.78, 5) is 0. The number of benzene rings is 1. The summed E-state index contributed by atoms with van der Waals surface area (Å²) in [5.74, 6) is 0. The minimum atomic E-state index is -0.710. The number of aliphatic hydroxyl groups is 1. The van der Waals surface area contributed by atoms with Gasteiger partial charge in [0, 0.05) is 18.2 Å². The molecule has 0 radical (unpaired) electrons. The molecular weight excluding hydrogens is 278 g/mol. The second-order valence-electron chi connectivity index (χ2n) is 5.54. The highest BCUT2D eigenvalue weighted by Gasteiger charge is 2.10. The molecule has 0 saturated heterocycles. The molecule has 0 aliphatic heterocycles. The molecule has 0 amide bonds. The van der Waals surface area contributed by atoms with Gasteiger partial charge in [-0.2, -0.15) is 4.73 Å². The lowest BCUT2D eigenvalue weighted by atomic mass is 10.1. The lowest BCUT2D eigenvalue weighted by molar-refractivity contribution is 0.149. The van der Waals surface area contributed by atoms with Gasteiger partial charge in [0.15, 0.2) is 5.49 Å². The zero-order chi connectivity index (χ0) is 15.9. The van der Waals surface area contributed by atoms with Crippen molar-refractivity contribution in [1.29, 1.82) is 5.41 Å². The Morgan fingerprint density at radius 2 is 1.91 bits per heavy atom. The molecule has 0 aliphatic carbocycles. The minimum absolute atomic E-state index is 0.0138. The molecule has 5 nitrogen and oxygen atoms in total. The Kier molecular flexibility index (Phi) is 5.75. The molecule has 2 unspecified atom stereocenters. The number of aryl methyl sites for hydroxylation is 1. The number of hydrogen-bond acceptors (Lipinski definition) is 4. The van der Waals surface area contributed by atoms with Gasteiger partial charge in [-0.3, -0.25) is 5.41 Å². The fraction of sp³-hybridized carbons (Fsp3) is 0.353. The lowest BCUT2D eigenvalue weighted by Crippen LogP contribution is -2.31. The number of nitrogens with one attached hydrogen (secondary N) is 2.